The molecule has 2 fully saturated rings. The van der Waals surface area contributed by atoms with Gasteiger partial charge in [0, 0.05) is 53.6 Å². The molecule has 0 aliphatic carbocycles. The number of piperazine rings is 1. The summed E-state index contributed by atoms with van der Waals surface area (Å²) >= 11 is 1.51. The van der Waals surface area contributed by atoms with Crippen molar-refractivity contribution in [2.45, 2.75) is 121 Å². The predicted octanol–water partition coefficient (Wildman–Crippen LogP) is 6.68. The van der Waals surface area contributed by atoms with Gasteiger partial charge < -0.3 is 42.6 Å². The molecule has 1 spiro atoms. The summed E-state index contributed by atoms with van der Waals surface area (Å²) in [5.41, 5.74) is 4.05. The summed E-state index contributed by atoms with van der Waals surface area (Å²) in [4.78, 5) is 45.8. The second kappa shape index (κ2) is 16.5. The van der Waals surface area contributed by atoms with Crippen LogP contribution in [0.5, 0.6) is 40.2 Å². The van der Waals surface area contributed by atoms with E-state index in [0.717, 1.165) is 22.3 Å². The van der Waals surface area contributed by atoms with Crippen molar-refractivity contribution in [2.75, 3.05) is 47.0 Å². The van der Waals surface area contributed by atoms with Crippen LogP contribution in [0.15, 0.2) is 18.2 Å². The molecule has 0 saturated carbocycles. The van der Waals surface area contributed by atoms with Gasteiger partial charge in [-0.1, -0.05) is 6.07 Å². The molecular formula is C48H56N4O12S. The molecule has 16 nitrogen and oxygen atoms in total. The fourth-order valence-electron chi connectivity index (χ4n) is 10.9. The SMILES string of the molecule is COc1cc2c(cc1OC(=O)OC(C)(C)C)CCN[C@]21CS[C@@H]2c3c(OC(C)=O)c(C)c4c(c3[C@@H](COC1=O)N1C2[C@@H]2c3c(cc(C)c(OC)c3OC(C)C)C[C@H]([C@@H]1C#N)N2C)OCO4. The highest BCUT2D eigenvalue weighted by Crippen LogP contribution is 2.65. The zero-order valence-corrected chi connectivity index (χ0v) is 39.5. The van der Waals surface area contributed by atoms with Gasteiger partial charge in [0.2, 0.25) is 6.79 Å². The number of aryl methyl sites for hydroxylation is 1. The van der Waals surface area contributed by atoms with E-state index in [0.29, 0.717) is 70.4 Å². The van der Waals surface area contributed by atoms with E-state index in [1.165, 1.54) is 25.8 Å². The van der Waals surface area contributed by atoms with Crippen molar-refractivity contribution in [3.05, 3.63) is 62.7 Å². The third-order valence-corrected chi connectivity index (χ3v) is 14.8. The number of carbonyl (C=O) groups excluding carboxylic acids is 3. The Hall–Kier alpha value is -5.41. The Morgan fingerprint density at radius 2 is 1.72 bits per heavy atom. The molecule has 1 N–H and O–H groups in total. The number of hydrogen-bond acceptors (Lipinski definition) is 17. The minimum Gasteiger partial charge on any atom is -0.493 e. The molecule has 0 amide bonds. The number of nitrogens with one attached hydrogen (secondary N) is 1. The molecule has 0 radical (unpaired) electrons. The van der Waals surface area contributed by atoms with Crippen molar-refractivity contribution in [3.8, 4) is 46.3 Å². The zero-order valence-electron chi connectivity index (χ0n) is 38.7. The summed E-state index contributed by atoms with van der Waals surface area (Å²) < 4.78 is 55.1. The Balaban J connectivity index is 1.28. The Labute approximate surface area is 383 Å². The van der Waals surface area contributed by atoms with Gasteiger partial charge in [-0.05, 0) is 103 Å². The average Bonchev–Trinajstić information content (AvgIpc) is 3.73. The van der Waals surface area contributed by atoms with E-state index in [9.17, 15) is 14.9 Å². The number of thioether (sulfide) groups is 1. The molecular weight excluding hydrogens is 857 g/mol. The van der Waals surface area contributed by atoms with Crippen molar-refractivity contribution in [1.29, 1.82) is 5.26 Å². The average molecular weight is 913 g/mol. The van der Waals surface area contributed by atoms with Crippen LogP contribution in [-0.2, 0) is 37.4 Å². The zero-order chi connectivity index (χ0) is 46.4. The number of nitrogens with zero attached hydrogens (tertiary/aromatic N) is 3. The fourth-order valence-corrected chi connectivity index (χ4v) is 12.6. The van der Waals surface area contributed by atoms with Crippen molar-refractivity contribution in [3.63, 3.8) is 0 Å². The molecule has 0 aromatic heterocycles. The first kappa shape index (κ1) is 44.8. The molecule has 10 rings (SSSR count). The molecule has 346 valence electrons. The van der Waals surface area contributed by atoms with Gasteiger partial charge in [0.25, 0.3) is 0 Å². The van der Waals surface area contributed by atoms with Gasteiger partial charge in [0.15, 0.2) is 40.0 Å². The lowest BCUT2D eigenvalue weighted by molar-refractivity contribution is -0.157. The molecule has 7 atom stereocenters. The molecule has 17 heteroatoms. The summed E-state index contributed by atoms with van der Waals surface area (Å²) in [6.07, 6.45) is -0.0260. The van der Waals surface area contributed by atoms with E-state index in [4.69, 9.17) is 42.6 Å². The number of carbonyl (C=O) groups is 3. The molecule has 3 aromatic rings. The number of benzene rings is 3. The third kappa shape index (κ3) is 7.19. The maximum absolute atomic E-state index is 15.2. The summed E-state index contributed by atoms with van der Waals surface area (Å²) in [7, 11) is 5.18. The van der Waals surface area contributed by atoms with Crippen LogP contribution in [0.2, 0.25) is 0 Å². The lowest BCUT2D eigenvalue weighted by Crippen LogP contribution is -2.69. The number of methoxy groups -OCH3 is 2. The largest absolute Gasteiger partial charge is 0.514 e. The van der Waals surface area contributed by atoms with Crippen molar-refractivity contribution in [2.24, 2.45) is 0 Å². The molecule has 1 unspecified atom stereocenters. The Kier molecular flexibility index (Phi) is 11.4. The van der Waals surface area contributed by atoms with E-state index in [2.05, 4.69) is 34.3 Å². The first-order valence-electron chi connectivity index (χ1n) is 22.0. The van der Waals surface area contributed by atoms with E-state index < -0.39 is 58.7 Å². The van der Waals surface area contributed by atoms with E-state index >= 15 is 4.79 Å². The van der Waals surface area contributed by atoms with Crippen molar-refractivity contribution < 1.29 is 57.0 Å². The highest BCUT2D eigenvalue weighted by atomic mass is 32.2. The lowest BCUT2D eigenvalue weighted by Gasteiger charge is -2.62. The maximum Gasteiger partial charge on any atom is 0.514 e. The number of ether oxygens (including phenoxy) is 9. The van der Waals surface area contributed by atoms with E-state index in [1.807, 2.05) is 27.7 Å². The third-order valence-electron chi connectivity index (χ3n) is 13.3. The standard InChI is InChI=1S/C48H56N4O12S/c1-22(2)61-43-34-27(14-23(3)39(43)57-11)15-29-30(18-49)52-31-19-58-45(54)48(28-17-32(56-10)33(16-26(28)12-13-50-48)63-46(55)64-47(6,7)8)20-65-44(38(52)37(34)51(29)9)36-35(31)42-41(59-21-60-42)24(4)40(36)62-25(5)53/h14,16-17,22,29-31,37-38,44,50H,12-13,15,19-21H2,1-11H3/t29-,30+,31-,37+,38?,44-,48-/m1/s1. The number of rotatable bonds is 6. The minimum absolute atomic E-state index is 0.0662. The number of nitriles is 1. The van der Waals surface area contributed by atoms with Crippen LogP contribution in [0.1, 0.15) is 103 Å². The van der Waals surface area contributed by atoms with Crippen LogP contribution in [-0.4, -0.2) is 105 Å². The molecule has 65 heavy (non-hydrogen) atoms. The van der Waals surface area contributed by atoms with E-state index in [1.54, 1.807) is 40.0 Å². The summed E-state index contributed by atoms with van der Waals surface area (Å²) in [5.74, 6) is 1.99. The molecule has 4 bridgehead atoms. The van der Waals surface area contributed by atoms with Crippen LogP contribution in [0.3, 0.4) is 0 Å². The van der Waals surface area contributed by atoms with Gasteiger partial charge in [-0.25, -0.2) is 9.59 Å². The normalized spacial score (nSPS) is 26.5. The van der Waals surface area contributed by atoms with Gasteiger partial charge in [-0.2, -0.15) is 5.26 Å². The summed E-state index contributed by atoms with van der Waals surface area (Å²) in [5, 5.41) is 14.4. The highest BCUT2D eigenvalue weighted by Gasteiger charge is 2.62. The number of likely N-dealkylation sites (N-methyl/N-ethyl adjacent to an activating group) is 1. The minimum atomic E-state index is -1.43. The van der Waals surface area contributed by atoms with Gasteiger partial charge in [-0.15, -0.1) is 11.8 Å². The summed E-state index contributed by atoms with van der Waals surface area (Å²) in [6.45, 7) is 14.6. The predicted molar refractivity (Wildman–Crippen MR) is 237 cm³/mol. The Morgan fingerprint density at radius 1 is 0.969 bits per heavy atom. The first-order chi connectivity index (χ1) is 30.9. The highest BCUT2D eigenvalue weighted by molar-refractivity contribution is 7.99. The second-order valence-corrected chi connectivity index (χ2v) is 19.9. The van der Waals surface area contributed by atoms with Crippen molar-refractivity contribution >= 4 is 29.9 Å². The van der Waals surface area contributed by atoms with Crippen LogP contribution in [0.25, 0.3) is 0 Å². The smallest absolute Gasteiger partial charge is 0.493 e. The van der Waals surface area contributed by atoms with Crippen LogP contribution >= 0.6 is 11.8 Å². The molecule has 3 aromatic carbocycles. The quantitative estimate of drug-likeness (QED) is 0.157. The van der Waals surface area contributed by atoms with Gasteiger partial charge in [0.1, 0.15) is 24.0 Å². The fraction of sp³-hybridized carbons (Fsp3) is 0.542. The first-order valence-corrected chi connectivity index (χ1v) is 23.0. The van der Waals surface area contributed by atoms with Crippen LogP contribution in [0.4, 0.5) is 4.79 Å². The van der Waals surface area contributed by atoms with Gasteiger partial charge in [-0.3, -0.25) is 19.9 Å². The number of esters is 2. The molecule has 2 saturated heterocycles. The molecule has 7 aliphatic rings. The maximum atomic E-state index is 15.2. The topological polar surface area (TPSA) is 177 Å². The van der Waals surface area contributed by atoms with Crippen LogP contribution < -0.4 is 38.5 Å². The van der Waals surface area contributed by atoms with Gasteiger partial charge in [0.05, 0.1) is 43.7 Å². The van der Waals surface area contributed by atoms with Gasteiger partial charge >= 0.3 is 18.1 Å². The summed E-state index contributed by atoms with van der Waals surface area (Å²) in [6, 6.07) is 5.69. The van der Waals surface area contributed by atoms with Crippen LogP contribution in [0, 0.1) is 25.2 Å². The number of hydrogen-bond donors (Lipinski definition) is 1. The second-order valence-electron chi connectivity index (χ2n) is 18.8. The monoisotopic (exact) mass is 912 g/mol. The Bertz CT molecular complexity index is 2530. The molecule has 7 heterocycles. The Morgan fingerprint density at radius 3 is 2.40 bits per heavy atom. The van der Waals surface area contributed by atoms with E-state index in [-0.39, 0.29) is 42.8 Å². The lowest BCUT2D eigenvalue weighted by atomic mass is 9.71. The molecule has 7 aliphatic heterocycles. The number of fused-ring (bicyclic) bond motifs is 9. The van der Waals surface area contributed by atoms with Crippen molar-refractivity contribution in [1.82, 2.24) is 15.1 Å².